The average Bonchev–Trinajstić information content (AvgIpc) is 2.41. The van der Waals surface area contributed by atoms with E-state index in [9.17, 15) is 9.18 Å². The van der Waals surface area contributed by atoms with Crippen molar-refractivity contribution < 1.29 is 13.9 Å². The third kappa shape index (κ3) is 3.17. The number of nitrogen functional groups attached to an aromatic ring is 1. The molecule has 0 spiro atoms. The maximum atomic E-state index is 13.4. The van der Waals surface area contributed by atoms with Crippen molar-refractivity contribution in [3.05, 3.63) is 48.3 Å². The minimum absolute atomic E-state index is 0.0906. The lowest BCUT2D eigenvalue weighted by atomic mass is 10.2. The van der Waals surface area contributed by atoms with Crippen molar-refractivity contribution in [3.8, 4) is 5.75 Å². The molecule has 5 nitrogen and oxygen atoms in total. The average molecular weight is 275 g/mol. The van der Waals surface area contributed by atoms with Crippen molar-refractivity contribution >= 4 is 23.1 Å². The molecular formula is C14H14FN3O2. The third-order valence-corrected chi connectivity index (χ3v) is 2.59. The molecule has 2 rings (SSSR count). The number of nitrogens with one attached hydrogen (secondary N) is 2. The van der Waals surface area contributed by atoms with Gasteiger partial charge in [0.1, 0.15) is 11.6 Å². The Bertz CT molecular complexity index is 632. The van der Waals surface area contributed by atoms with Crippen LogP contribution in [0.25, 0.3) is 0 Å². The van der Waals surface area contributed by atoms with Crippen LogP contribution < -0.4 is 21.1 Å². The molecule has 0 saturated heterocycles. The molecule has 2 aromatic rings. The number of anilines is 3. The van der Waals surface area contributed by atoms with Crippen LogP contribution in [-0.4, -0.2) is 13.1 Å². The number of carbonyl (C=O) groups excluding carboxylic acids is 1. The van der Waals surface area contributed by atoms with Crippen LogP contribution in [0.3, 0.4) is 0 Å². The highest BCUT2D eigenvalue weighted by Gasteiger charge is 2.09. The van der Waals surface area contributed by atoms with E-state index >= 15 is 0 Å². The Hall–Kier alpha value is -2.76. The first kappa shape index (κ1) is 13.7. The van der Waals surface area contributed by atoms with Gasteiger partial charge in [-0.1, -0.05) is 12.1 Å². The van der Waals surface area contributed by atoms with Gasteiger partial charge < -0.3 is 21.1 Å². The lowest BCUT2D eigenvalue weighted by molar-refractivity contribution is 0.262. The number of para-hydroxylation sites is 1. The molecule has 0 radical (unpaired) electrons. The third-order valence-electron chi connectivity index (χ3n) is 2.59. The Balaban J connectivity index is 2.12. The molecule has 0 aromatic heterocycles. The molecule has 0 unspecified atom stereocenters. The molecule has 0 heterocycles. The van der Waals surface area contributed by atoms with Crippen molar-refractivity contribution in [2.24, 2.45) is 0 Å². The van der Waals surface area contributed by atoms with Gasteiger partial charge in [0.15, 0.2) is 0 Å². The van der Waals surface area contributed by atoms with Crippen LogP contribution in [0, 0.1) is 5.82 Å². The van der Waals surface area contributed by atoms with E-state index in [0.29, 0.717) is 17.1 Å². The molecule has 6 heteroatoms. The Labute approximate surface area is 115 Å². The second-order valence-electron chi connectivity index (χ2n) is 4.02. The number of benzene rings is 2. The number of hydrogen-bond donors (Lipinski definition) is 3. The zero-order chi connectivity index (χ0) is 14.5. The number of rotatable bonds is 3. The van der Waals surface area contributed by atoms with Crippen LogP contribution in [0.15, 0.2) is 42.5 Å². The molecule has 104 valence electrons. The quantitative estimate of drug-likeness (QED) is 0.753. The zero-order valence-corrected chi connectivity index (χ0v) is 10.8. The molecule has 20 heavy (non-hydrogen) atoms. The number of nitrogens with two attached hydrogens (primary N) is 1. The summed E-state index contributed by atoms with van der Waals surface area (Å²) in [4.78, 5) is 11.8. The lowest BCUT2D eigenvalue weighted by Gasteiger charge is -2.12. The lowest BCUT2D eigenvalue weighted by Crippen LogP contribution is -2.20. The van der Waals surface area contributed by atoms with E-state index < -0.39 is 11.8 Å². The molecule has 0 fully saturated rings. The molecule has 0 bridgehead atoms. The van der Waals surface area contributed by atoms with Crippen LogP contribution in [-0.2, 0) is 0 Å². The Morgan fingerprint density at radius 2 is 1.85 bits per heavy atom. The first-order valence-electron chi connectivity index (χ1n) is 5.86. The summed E-state index contributed by atoms with van der Waals surface area (Å²) in [5.41, 5.74) is 6.62. The smallest absolute Gasteiger partial charge is 0.323 e. The zero-order valence-electron chi connectivity index (χ0n) is 10.8. The largest absolute Gasteiger partial charge is 0.495 e. The molecule has 0 saturated carbocycles. The normalized spacial score (nSPS) is 9.90. The molecule has 4 N–H and O–H groups in total. The number of ether oxygens (including phenoxy) is 1. The van der Waals surface area contributed by atoms with Crippen molar-refractivity contribution in [1.82, 2.24) is 0 Å². The van der Waals surface area contributed by atoms with Gasteiger partial charge in [-0.3, -0.25) is 0 Å². The van der Waals surface area contributed by atoms with E-state index in [4.69, 9.17) is 10.5 Å². The van der Waals surface area contributed by atoms with Crippen molar-refractivity contribution in [3.63, 3.8) is 0 Å². The Morgan fingerprint density at radius 1 is 1.15 bits per heavy atom. The minimum Gasteiger partial charge on any atom is -0.495 e. The molecular weight excluding hydrogens is 261 g/mol. The number of methoxy groups -OCH3 is 1. The standard InChI is InChI=1S/C14H14FN3O2/c1-20-13-7-6-9(16)8-12(13)18-14(19)17-11-5-3-2-4-10(11)15/h2-8H,16H2,1H3,(H2,17,18,19). The fourth-order valence-electron chi connectivity index (χ4n) is 1.66. The predicted octanol–water partition coefficient (Wildman–Crippen LogP) is 3.06. The van der Waals surface area contributed by atoms with Crippen LogP contribution in [0.1, 0.15) is 0 Å². The van der Waals surface area contributed by atoms with Crippen LogP contribution in [0.5, 0.6) is 5.75 Å². The number of hydrogen-bond acceptors (Lipinski definition) is 3. The first-order valence-corrected chi connectivity index (χ1v) is 5.86. The summed E-state index contributed by atoms with van der Waals surface area (Å²) < 4.78 is 18.5. The summed E-state index contributed by atoms with van der Waals surface area (Å²) in [6, 6.07) is 10.1. The maximum Gasteiger partial charge on any atom is 0.323 e. The van der Waals surface area contributed by atoms with Gasteiger partial charge >= 0.3 is 6.03 Å². The van der Waals surface area contributed by atoms with Gasteiger partial charge in [-0.25, -0.2) is 9.18 Å². The van der Waals surface area contributed by atoms with Crippen LogP contribution in [0.2, 0.25) is 0 Å². The Kier molecular flexibility index (Phi) is 4.05. The van der Waals surface area contributed by atoms with Crippen molar-refractivity contribution in [2.75, 3.05) is 23.5 Å². The number of carbonyl (C=O) groups is 1. The predicted molar refractivity (Wildman–Crippen MR) is 76.4 cm³/mol. The molecule has 0 aliphatic carbocycles. The summed E-state index contributed by atoms with van der Waals surface area (Å²) in [5.74, 6) is -0.0509. The number of halogens is 1. The monoisotopic (exact) mass is 275 g/mol. The summed E-state index contributed by atoms with van der Waals surface area (Å²) in [5, 5.41) is 4.96. The number of urea groups is 1. The molecule has 0 aliphatic heterocycles. The second kappa shape index (κ2) is 5.92. The molecule has 0 atom stereocenters. The highest BCUT2D eigenvalue weighted by molar-refractivity contribution is 6.01. The SMILES string of the molecule is COc1ccc(N)cc1NC(=O)Nc1ccccc1F. The topological polar surface area (TPSA) is 76.4 Å². The van der Waals surface area contributed by atoms with Gasteiger partial charge in [-0.2, -0.15) is 0 Å². The van der Waals surface area contributed by atoms with E-state index in [1.807, 2.05) is 0 Å². The summed E-state index contributed by atoms with van der Waals surface area (Å²) in [7, 11) is 1.48. The van der Waals surface area contributed by atoms with Crippen LogP contribution in [0.4, 0.5) is 26.2 Å². The molecule has 2 amide bonds. The van der Waals surface area contributed by atoms with E-state index in [1.54, 1.807) is 30.3 Å². The molecule has 0 aliphatic rings. The molecule has 2 aromatic carbocycles. The summed E-state index contributed by atoms with van der Waals surface area (Å²) >= 11 is 0. The highest BCUT2D eigenvalue weighted by atomic mass is 19.1. The minimum atomic E-state index is -0.584. The van der Waals surface area contributed by atoms with Gasteiger partial charge in [0, 0.05) is 5.69 Å². The van der Waals surface area contributed by atoms with Crippen LogP contribution >= 0.6 is 0 Å². The van der Waals surface area contributed by atoms with E-state index in [-0.39, 0.29) is 5.69 Å². The second-order valence-corrected chi connectivity index (χ2v) is 4.02. The number of amides is 2. The van der Waals surface area contributed by atoms with Gasteiger partial charge in [0.25, 0.3) is 0 Å². The fraction of sp³-hybridized carbons (Fsp3) is 0.0714. The van der Waals surface area contributed by atoms with Crippen molar-refractivity contribution in [2.45, 2.75) is 0 Å². The summed E-state index contributed by atoms with van der Waals surface area (Å²) in [6.07, 6.45) is 0. The van der Waals surface area contributed by atoms with Gasteiger partial charge in [-0.15, -0.1) is 0 Å². The first-order chi connectivity index (χ1) is 9.60. The van der Waals surface area contributed by atoms with Crippen molar-refractivity contribution in [1.29, 1.82) is 0 Å². The van der Waals surface area contributed by atoms with Gasteiger partial charge in [-0.05, 0) is 30.3 Å². The highest BCUT2D eigenvalue weighted by Crippen LogP contribution is 2.26. The summed E-state index contributed by atoms with van der Waals surface area (Å²) in [6.45, 7) is 0. The van der Waals surface area contributed by atoms with E-state index in [2.05, 4.69) is 10.6 Å². The van der Waals surface area contributed by atoms with E-state index in [0.717, 1.165) is 0 Å². The van der Waals surface area contributed by atoms with Gasteiger partial charge in [0.05, 0.1) is 18.5 Å². The van der Waals surface area contributed by atoms with Gasteiger partial charge in [0.2, 0.25) is 0 Å². The Morgan fingerprint density at radius 3 is 2.55 bits per heavy atom. The van der Waals surface area contributed by atoms with E-state index in [1.165, 1.54) is 19.2 Å². The maximum absolute atomic E-state index is 13.4. The fourth-order valence-corrected chi connectivity index (χ4v) is 1.66.